The third kappa shape index (κ3) is 7.41. The molecule has 2 aliphatic heterocycles. The second kappa shape index (κ2) is 14.5. The van der Waals surface area contributed by atoms with Gasteiger partial charge in [0.25, 0.3) is 0 Å². The van der Waals surface area contributed by atoms with Gasteiger partial charge < -0.3 is 29.1 Å². The number of methoxy groups -OCH3 is 1. The first-order valence-corrected chi connectivity index (χ1v) is 17.0. The maximum atomic E-state index is 14.0. The van der Waals surface area contributed by atoms with Crippen molar-refractivity contribution in [1.82, 2.24) is 4.90 Å². The molecule has 0 bridgehead atoms. The third-order valence-electron chi connectivity index (χ3n) is 9.51. The summed E-state index contributed by atoms with van der Waals surface area (Å²) in [6, 6.07) is 26.9. The van der Waals surface area contributed by atoms with Crippen molar-refractivity contribution in [3.8, 4) is 11.5 Å². The second-order valence-electron chi connectivity index (χ2n) is 13.2. The molecule has 0 aromatic heterocycles. The molecule has 4 aromatic carbocycles. The molecule has 1 saturated heterocycles. The van der Waals surface area contributed by atoms with E-state index in [-0.39, 0.29) is 48.5 Å². The van der Waals surface area contributed by atoms with Crippen molar-refractivity contribution in [2.24, 2.45) is 5.92 Å². The summed E-state index contributed by atoms with van der Waals surface area (Å²) in [6.45, 7) is 6.62. The van der Waals surface area contributed by atoms with Gasteiger partial charge in [0, 0.05) is 23.8 Å². The molecule has 256 valence electrons. The Morgan fingerprint density at radius 2 is 1.69 bits per heavy atom. The molecule has 1 fully saturated rings. The number of fused-ring (bicyclic) bond motifs is 1. The number of likely N-dealkylation sites (tertiary alicyclic amines) is 1. The largest absolute Gasteiger partial charge is 0.493 e. The van der Waals surface area contributed by atoms with E-state index in [4.69, 9.17) is 29.9 Å². The number of carbonyl (C=O) groups is 2. The lowest BCUT2D eigenvalue weighted by molar-refractivity contribution is -0.118. The molecule has 2 atom stereocenters. The molecule has 8 nitrogen and oxygen atoms in total. The van der Waals surface area contributed by atoms with Crippen molar-refractivity contribution < 1.29 is 33.0 Å². The molecule has 6 rings (SSSR count). The van der Waals surface area contributed by atoms with Gasteiger partial charge >= 0.3 is 6.09 Å². The van der Waals surface area contributed by atoms with Crippen molar-refractivity contribution in [2.45, 2.75) is 64.4 Å². The first-order valence-electron chi connectivity index (χ1n) is 18.1. The highest BCUT2D eigenvalue weighted by molar-refractivity contribution is 6.30. The fraction of sp³-hybridized carbons (Fsp3) is 0.350. The Morgan fingerprint density at radius 3 is 2.35 bits per heavy atom. The molecule has 0 aliphatic carbocycles. The number of rotatable bonds is 9. The number of benzene rings is 4. The predicted molar refractivity (Wildman–Crippen MR) is 190 cm³/mol. The number of amides is 2. The van der Waals surface area contributed by atoms with E-state index in [0.717, 1.165) is 16.7 Å². The highest BCUT2D eigenvalue weighted by atomic mass is 35.5. The number of aliphatic hydroxyl groups is 1. The van der Waals surface area contributed by atoms with Gasteiger partial charge in [0.05, 0.1) is 35.3 Å². The highest BCUT2D eigenvalue weighted by Gasteiger charge is 2.39. The summed E-state index contributed by atoms with van der Waals surface area (Å²) in [7, 11) is -2.71. The molecule has 9 heteroatoms. The first-order chi connectivity index (χ1) is 24.7. The Hall–Kier alpha value is -4.53. The standard InChI is InChI=1S/C40H43ClN2O6/c1-26(2)49-36-24-34-29(22-35(36)47-4)23-37(44)43(38(34)28-10-14-32(41)15-11-28)33-16-12-30(13-17-33)40(3,46)31-18-20-42(21-19-31)39(45)48-25-27-8-6-5-7-9-27/h5-17,22,24,26,31,38,46H,18-21,23,25H2,1-4H3/t38-,40?/m0/s1/i4D3. The Labute approximate surface area is 297 Å². The molecule has 2 amide bonds. The lowest BCUT2D eigenvalue weighted by Gasteiger charge is -2.40. The lowest BCUT2D eigenvalue weighted by atomic mass is 9.77. The molecule has 49 heavy (non-hydrogen) atoms. The molecule has 1 N–H and O–H groups in total. The quantitative estimate of drug-likeness (QED) is 0.192. The van der Waals surface area contributed by atoms with E-state index in [0.29, 0.717) is 47.8 Å². The van der Waals surface area contributed by atoms with Crippen LogP contribution in [0.25, 0.3) is 0 Å². The van der Waals surface area contributed by atoms with Crippen LogP contribution in [0.4, 0.5) is 10.5 Å². The van der Waals surface area contributed by atoms with E-state index >= 15 is 0 Å². The van der Waals surface area contributed by atoms with Crippen LogP contribution in [0.3, 0.4) is 0 Å². The summed E-state index contributed by atoms with van der Waals surface area (Å²) in [6.07, 6.45) is 0.573. The van der Waals surface area contributed by atoms with Gasteiger partial charge in [-0.05, 0) is 104 Å². The van der Waals surface area contributed by atoms with E-state index in [9.17, 15) is 14.7 Å². The summed E-state index contributed by atoms with van der Waals surface area (Å²) >= 11 is 6.26. The minimum atomic E-state index is -2.71. The van der Waals surface area contributed by atoms with E-state index in [1.165, 1.54) is 0 Å². The molecule has 0 spiro atoms. The second-order valence-corrected chi connectivity index (χ2v) is 13.6. The van der Waals surface area contributed by atoms with Crippen LogP contribution in [-0.2, 0) is 28.2 Å². The van der Waals surface area contributed by atoms with Crippen molar-refractivity contribution in [3.05, 3.63) is 124 Å². The Balaban J connectivity index is 1.24. The SMILES string of the molecule is [2H]C([2H])([2H])Oc1cc2c(cc1OC(C)C)[C@H](c1ccc(Cl)cc1)N(c1ccc(C(C)(O)C3CCN(C(=O)OCc4ccccc4)CC3)cc1)C(=O)C2. The number of hydrogen-bond donors (Lipinski definition) is 1. The average Bonchev–Trinajstić information content (AvgIpc) is 3.11. The summed E-state index contributed by atoms with van der Waals surface area (Å²) in [5.74, 6) is 0.00783. The summed E-state index contributed by atoms with van der Waals surface area (Å²) in [5, 5.41) is 12.4. The van der Waals surface area contributed by atoms with Gasteiger partial charge in [0.2, 0.25) is 5.91 Å². The molecule has 0 radical (unpaired) electrons. The summed E-state index contributed by atoms with van der Waals surface area (Å²) in [5.41, 5.74) is 3.26. The van der Waals surface area contributed by atoms with E-state index in [1.807, 2.05) is 80.6 Å². The molecule has 1 unspecified atom stereocenters. The van der Waals surface area contributed by atoms with E-state index in [1.54, 1.807) is 41.0 Å². The maximum absolute atomic E-state index is 14.0. The third-order valence-corrected chi connectivity index (χ3v) is 9.76. The van der Waals surface area contributed by atoms with Crippen LogP contribution in [0.5, 0.6) is 11.5 Å². The van der Waals surface area contributed by atoms with E-state index < -0.39 is 18.7 Å². The number of piperidine rings is 1. The zero-order valence-electron chi connectivity index (χ0n) is 30.9. The zero-order chi connectivity index (χ0) is 37.2. The number of halogens is 1. The Morgan fingerprint density at radius 1 is 1.00 bits per heavy atom. The van der Waals surface area contributed by atoms with Gasteiger partial charge in [-0.25, -0.2) is 4.79 Å². The molecule has 4 aromatic rings. The topological polar surface area (TPSA) is 88.5 Å². The molecular formula is C40H43ClN2O6. The van der Waals surface area contributed by atoms with Crippen LogP contribution >= 0.6 is 11.6 Å². The van der Waals surface area contributed by atoms with E-state index in [2.05, 4.69) is 0 Å². The zero-order valence-corrected chi connectivity index (χ0v) is 28.7. The van der Waals surface area contributed by atoms with Gasteiger partial charge in [-0.2, -0.15) is 0 Å². The van der Waals surface area contributed by atoms with Gasteiger partial charge in [0.15, 0.2) is 11.5 Å². The van der Waals surface area contributed by atoms with Crippen LogP contribution in [-0.4, -0.2) is 48.2 Å². The number of nitrogens with zero attached hydrogens (tertiary/aromatic N) is 2. The molecular weight excluding hydrogens is 640 g/mol. The van der Waals surface area contributed by atoms with Gasteiger partial charge in [-0.1, -0.05) is 66.2 Å². The predicted octanol–water partition coefficient (Wildman–Crippen LogP) is 8.07. The highest BCUT2D eigenvalue weighted by Crippen LogP contribution is 2.44. The van der Waals surface area contributed by atoms with Crippen LogP contribution in [0, 0.1) is 5.92 Å². The fourth-order valence-corrected chi connectivity index (χ4v) is 7.01. The maximum Gasteiger partial charge on any atom is 0.410 e. The summed E-state index contributed by atoms with van der Waals surface area (Å²) in [4.78, 5) is 30.2. The minimum Gasteiger partial charge on any atom is -0.493 e. The number of anilines is 1. The Kier molecular flexibility index (Phi) is 9.05. The summed E-state index contributed by atoms with van der Waals surface area (Å²) < 4.78 is 40.0. The van der Waals surface area contributed by atoms with Crippen LogP contribution in [0.15, 0.2) is 91.0 Å². The molecule has 2 aliphatic rings. The smallest absolute Gasteiger partial charge is 0.410 e. The van der Waals surface area contributed by atoms with Crippen molar-refractivity contribution in [2.75, 3.05) is 25.0 Å². The first kappa shape index (κ1) is 30.5. The van der Waals surface area contributed by atoms with Gasteiger partial charge in [-0.15, -0.1) is 0 Å². The van der Waals surface area contributed by atoms with Crippen LogP contribution in [0.2, 0.25) is 5.02 Å². The van der Waals surface area contributed by atoms with Crippen molar-refractivity contribution in [1.29, 1.82) is 0 Å². The van der Waals surface area contributed by atoms with Crippen molar-refractivity contribution >= 4 is 29.3 Å². The lowest BCUT2D eigenvalue weighted by Crippen LogP contribution is -2.44. The van der Waals surface area contributed by atoms with Gasteiger partial charge in [0.1, 0.15) is 6.61 Å². The molecule has 2 heterocycles. The monoisotopic (exact) mass is 685 g/mol. The number of ether oxygens (including phenoxy) is 3. The van der Waals surface area contributed by atoms with Crippen molar-refractivity contribution in [3.63, 3.8) is 0 Å². The fourth-order valence-electron chi connectivity index (χ4n) is 6.88. The number of hydrogen-bond acceptors (Lipinski definition) is 6. The van der Waals surface area contributed by atoms with Gasteiger partial charge in [-0.3, -0.25) is 4.79 Å². The van der Waals surface area contributed by atoms with Crippen LogP contribution < -0.4 is 14.4 Å². The normalized spacial score (nSPS) is 18.9. The minimum absolute atomic E-state index is 0.00453. The number of carbonyl (C=O) groups excluding carboxylic acids is 2. The molecule has 0 saturated carbocycles. The van der Waals surface area contributed by atoms with Crippen LogP contribution in [0.1, 0.15) is 71.6 Å². The Bertz CT molecular complexity index is 1880. The average molecular weight is 686 g/mol.